The summed E-state index contributed by atoms with van der Waals surface area (Å²) < 4.78 is 27.5. The molecule has 0 bridgehead atoms. The molecule has 120 valence electrons. The number of sulfone groups is 1. The lowest BCUT2D eigenvalue weighted by Crippen LogP contribution is -2.40. The predicted molar refractivity (Wildman–Crippen MR) is 84.2 cm³/mol. The van der Waals surface area contributed by atoms with E-state index in [-0.39, 0.29) is 35.9 Å². The molecule has 3 rings (SSSR count). The minimum atomic E-state index is -2.83. The average Bonchev–Trinajstić information content (AvgIpc) is 2.51. The van der Waals surface area contributed by atoms with Crippen LogP contribution in [0.25, 0.3) is 0 Å². The Morgan fingerprint density at radius 3 is 2.27 bits per heavy atom. The molecule has 0 unspecified atom stereocenters. The molecule has 22 heavy (non-hydrogen) atoms. The Bertz CT molecular complexity index is 603. The van der Waals surface area contributed by atoms with Crippen LogP contribution in [0, 0.1) is 11.8 Å². The number of carbonyl (C=O) groups is 1. The second-order valence-electron chi connectivity index (χ2n) is 6.53. The van der Waals surface area contributed by atoms with Gasteiger partial charge in [-0.05, 0) is 37.2 Å². The summed E-state index contributed by atoms with van der Waals surface area (Å²) in [5.41, 5.74) is 1.36. The van der Waals surface area contributed by atoms with Crippen molar-refractivity contribution in [2.24, 2.45) is 11.8 Å². The molecule has 5 heteroatoms. The normalized spacial score (nSPS) is 27.8. The van der Waals surface area contributed by atoms with Crippen LogP contribution in [0.3, 0.4) is 0 Å². The fourth-order valence-electron chi connectivity index (χ4n) is 3.47. The van der Waals surface area contributed by atoms with E-state index in [2.05, 4.69) is 24.3 Å². The number of ether oxygens (including phenoxy) is 1. The fraction of sp³-hybridized carbons (Fsp3) is 0.588. The Labute approximate surface area is 131 Å². The molecule has 0 N–H and O–H groups in total. The molecular formula is C17H22O4S. The van der Waals surface area contributed by atoms with Crippen molar-refractivity contribution in [1.29, 1.82) is 0 Å². The molecule has 0 radical (unpaired) electrons. The van der Waals surface area contributed by atoms with E-state index in [4.69, 9.17) is 4.74 Å². The highest BCUT2D eigenvalue weighted by molar-refractivity contribution is 7.92. The molecule has 0 spiro atoms. The zero-order valence-corrected chi connectivity index (χ0v) is 13.4. The van der Waals surface area contributed by atoms with Gasteiger partial charge in [-0.15, -0.1) is 0 Å². The van der Waals surface area contributed by atoms with Gasteiger partial charge >= 0.3 is 5.97 Å². The number of benzene rings is 1. The van der Waals surface area contributed by atoms with Gasteiger partial charge in [-0.3, -0.25) is 4.79 Å². The summed E-state index contributed by atoms with van der Waals surface area (Å²) in [6.07, 6.45) is 3.76. The second kappa shape index (κ2) is 6.41. The van der Waals surface area contributed by atoms with Gasteiger partial charge in [-0.2, -0.15) is 0 Å². The maximum Gasteiger partial charge on any atom is 0.308 e. The topological polar surface area (TPSA) is 60.4 Å². The summed E-state index contributed by atoms with van der Waals surface area (Å²) in [6, 6.07) is 10.4. The van der Waals surface area contributed by atoms with E-state index < -0.39 is 9.84 Å². The van der Waals surface area contributed by atoms with Gasteiger partial charge in [-0.1, -0.05) is 30.3 Å². The first-order chi connectivity index (χ1) is 10.5. The number of esters is 1. The minimum absolute atomic E-state index is 0.00890. The van der Waals surface area contributed by atoms with E-state index in [1.165, 1.54) is 5.56 Å². The Kier molecular flexibility index (Phi) is 4.52. The van der Waals surface area contributed by atoms with E-state index in [0.717, 1.165) is 25.7 Å². The van der Waals surface area contributed by atoms with Gasteiger partial charge in [0.1, 0.15) is 0 Å². The van der Waals surface area contributed by atoms with Gasteiger partial charge < -0.3 is 4.74 Å². The second-order valence-corrected chi connectivity index (χ2v) is 8.69. The van der Waals surface area contributed by atoms with Crippen molar-refractivity contribution in [3.8, 4) is 0 Å². The largest absolute Gasteiger partial charge is 0.465 e. The predicted octanol–water partition coefficient (Wildman–Crippen LogP) is 2.55. The highest BCUT2D eigenvalue weighted by atomic mass is 32.2. The van der Waals surface area contributed by atoms with Gasteiger partial charge in [0, 0.05) is 5.92 Å². The molecule has 4 nitrogen and oxygen atoms in total. The molecule has 1 saturated heterocycles. The number of carbonyl (C=O) groups excluding carboxylic acids is 1. The molecule has 1 aromatic rings. The van der Waals surface area contributed by atoms with Crippen LogP contribution in [0.1, 0.15) is 37.2 Å². The first-order valence-corrected chi connectivity index (χ1v) is 9.77. The summed E-state index contributed by atoms with van der Waals surface area (Å²) in [5.74, 6) is 0.728. The molecule has 1 heterocycles. The highest BCUT2D eigenvalue weighted by Crippen LogP contribution is 2.36. The molecule has 2 fully saturated rings. The van der Waals surface area contributed by atoms with Crippen LogP contribution in [0.4, 0.5) is 0 Å². The van der Waals surface area contributed by atoms with E-state index in [9.17, 15) is 13.2 Å². The Balaban J connectivity index is 1.42. The zero-order chi connectivity index (χ0) is 15.6. The quantitative estimate of drug-likeness (QED) is 0.799. The molecule has 1 aliphatic carbocycles. The van der Waals surface area contributed by atoms with Crippen LogP contribution in [0.15, 0.2) is 30.3 Å². The molecule has 1 saturated carbocycles. The first kappa shape index (κ1) is 15.5. The van der Waals surface area contributed by atoms with Gasteiger partial charge in [-0.25, -0.2) is 8.42 Å². The lowest BCUT2D eigenvalue weighted by atomic mass is 9.79. The summed E-state index contributed by atoms with van der Waals surface area (Å²) in [5, 5.41) is 0. The smallest absolute Gasteiger partial charge is 0.308 e. The van der Waals surface area contributed by atoms with Crippen LogP contribution in [-0.2, 0) is 19.4 Å². The number of hydrogen-bond donors (Lipinski definition) is 0. The molecule has 0 atom stereocenters. The van der Waals surface area contributed by atoms with Crippen molar-refractivity contribution >= 4 is 15.8 Å². The Morgan fingerprint density at radius 1 is 1.05 bits per heavy atom. The summed E-state index contributed by atoms with van der Waals surface area (Å²) in [6.45, 7) is 0.261. The maximum atomic E-state index is 12.1. The fourth-order valence-corrected chi connectivity index (χ4v) is 5.00. The van der Waals surface area contributed by atoms with Crippen LogP contribution in [0.2, 0.25) is 0 Å². The number of hydrogen-bond acceptors (Lipinski definition) is 4. The standard InChI is InChI=1S/C17H22O4S/c18-17(21-10-13-11-22(19,20)12-13)16-8-6-15(7-9-16)14-4-2-1-3-5-14/h1-5,13,15-16H,6-12H2. The molecule has 0 aromatic heterocycles. The zero-order valence-electron chi connectivity index (χ0n) is 12.6. The van der Waals surface area contributed by atoms with E-state index in [0.29, 0.717) is 5.92 Å². The van der Waals surface area contributed by atoms with E-state index >= 15 is 0 Å². The third-order valence-electron chi connectivity index (χ3n) is 4.77. The minimum Gasteiger partial charge on any atom is -0.465 e. The lowest BCUT2D eigenvalue weighted by Gasteiger charge is -2.29. The summed E-state index contributed by atoms with van der Waals surface area (Å²) in [4.78, 5) is 12.1. The van der Waals surface area contributed by atoms with Crippen LogP contribution in [-0.4, -0.2) is 32.5 Å². The first-order valence-electron chi connectivity index (χ1n) is 7.95. The summed E-state index contributed by atoms with van der Waals surface area (Å²) in [7, 11) is -2.83. The van der Waals surface area contributed by atoms with Crippen molar-refractivity contribution in [3.05, 3.63) is 35.9 Å². The molecule has 2 aliphatic rings. The van der Waals surface area contributed by atoms with Crippen molar-refractivity contribution < 1.29 is 17.9 Å². The third-order valence-corrected chi connectivity index (χ3v) is 6.73. The van der Waals surface area contributed by atoms with Crippen molar-refractivity contribution in [3.63, 3.8) is 0 Å². The van der Waals surface area contributed by atoms with Gasteiger partial charge in [0.25, 0.3) is 0 Å². The van der Waals surface area contributed by atoms with Crippen molar-refractivity contribution in [1.82, 2.24) is 0 Å². The molecule has 1 aliphatic heterocycles. The average molecular weight is 322 g/mol. The SMILES string of the molecule is O=C(OCC1CS(=O)(=O)C1)C1CCC(c2ccccc2)CC1. The summed E-state index contributed by atoms with van der Waals surface area (Å²) >= 11 is 0. The van der Waals surface area contributed by atoms with Gasteiger partial charge in [0.15, 0.2) is 9.84 Å². The van der Waals surface area contributed by atoms with Crippen LogP contribution < -0.4 is 0 Å². The monoisotopic (exact) mass is 322 g/mol. The lowest BCUT2D eigenvalue weighted by molar-refractivity contribution is -0.150. The third kappa shape index (κ3) is 3.69. The highest BCUT2D eigenvalue weighted by Gasteiger charge is 2.35. The van der Waals surface area contributed by atoms with E-state index in [1.54, 1.807) is 0 Å². The van der Waals surface area contributed by atoms with Gasteiger partial charge in [0.05, 0.1) is 24.0 Å². The van der Waals surface area contributed by atoms with Crippen LogP contribution in [0.5, 0.6) is 0 Å². The van der Waals surface area contributed by atoms with Crippen molar-refractivity contribution in [2.75, 3.05) is 18.1 Å². The maximum absolute atomic E-state index is 12.1. The van der Waals surface area contributed by atoms with Crippen LogP contribution >= 0.6 is 0 Å². The molecule has 1 aromatic carbocycles. The molecule has 0 amide bonds. The molecular weight excluding hydrogens is 300 g/mol. The Morgan fingerprint density at radius 2 is 1.68 bits per heavy atom. The van der Waals surface area contributed by atoms with E-state index in [1.807, 2.05) is 6.07 Å². The Hall–Kier alpha value is -1.36. The number of rotatable bonds is 4. The van der Waals surface area contributed by atoms with Crippen molar-refractivity contribution in [2.45, 2.75) is 31.6 Å². The van der Waals surface area contributed by atoms with Gasteiger partial charge in [0.2, 0.25) is 0 Å².